The lowest BCUT2D eigenvalue weighted by Gasteiger charge is -2.23. The molecule has 0 aromatic rings. The van der Waals surface area contributed by atoms with E-state index >= 15 is 0 Å². The summed E-state index contributed by atoms with van der Waals surface area (Å²) in [7, 11) is -3.48. The lowest BCUT2D eigenvalue weighted by Crippen LogP contribution is -2.58. The molecule has 0 bridgehead atoms. The molecule has 98 valence electrons. The van der Waals surface area contributed by atoms with Crippen molar-refractivity contribution in [2.24, 2.45) is 5.14 Å². The van der Waals surface area contributed by atoms with Crippen molar-refractivity contribution in [1.29, 1.82) is 0 Å². The van der Waals surface area contributed by atoms with Gasteiger partial charge in [0.1, 0.15) is 6.04 Å². The Bertz CT molecular complexity index is 384. The molecule has 1 atom stereocenters. The van der Waals surface area contributed by atoms with E-state index < -0.39 is 16.1 Å². The first-order valence-electron chi connectivity index (χ1n) is 5.17. The SMILES string of the molecule is NS(=O)(=O)CCCNC(=O)C1CNC(=O)CN1. The predicted octanol–water partition coefficient (Wildman–Crippen LogP) is -3.13. The van der Waals surface area contributed by atoms with E-state index in [2.05, 4.69) is 16.0 Å². The third-order valence-corrected chi connectivity index (χ3v) is 3.09. The van der Waals surface area contributed by atoms with Gasteiger partial charge in [-0.25, -0.2) is 13.6 Å². The minimum atomic E-state index is -3.48. The molecule has 5 N–H and O–H groups in total. The van der Waals surface area contributed by atoms with Crippen molar-refractivity contribution in [2.45, 2.75) is 12.5 Å². The maximum absolute atomic E-state index is 11.5. The van der Waals surface area contributed by atoms with Crippen LogP contribution in [0.4, 0.5) is 0 Å². The van der Waals surface area contributed by atoms with Crippen molar-refractivity contribution in [1.82, 2.24) is 16.0 Å². The largest absolute Gasteiger partial charge is 0.355 e. The number of hydrogen-bond donors (Lipinski definition) is 4. The van der Waals surface area contributed by atoms with Gasteiger partial charge in [0.2, 0.25) is 21.8 Å². The fourth-order valence-electron chi connectivity index (χ4n) is 1.36. The van der Waals surface area contributed by atoms with Crippen LogP contribution < -0.4 is 21.1 Å². The molecule has 1 rings (SSSR count). The van der Waals surface area contributed by atoms with E-state index in [9.17, 15) is 18.0 Å². The molecule has 1 heterocycles. The lowest BCUT2D eigenvalue weighted by atomic mass is 10.2. The fourth-order valence-corrected chi connectivity index (χ4v) is 1.91. The molecule has 1 saturated heterocycles. The van der Waals surface area contributed by atoms with E-state index in [0.29, 0.717) is 0 Å². The van der Waals surface area contributed by atoms with Crippen LogP contribution in [0.3, 0.4) is 0 Å². The maximum Gasteiger partial charge on any atom is 0.238 e. The highest BCUT2D eigenvalue weighted by atomic mass is 32.2. The molecular formula is C8H16N4O4S. The van der Waals surface area contributed by atoms with E-state index in [4.69, 9.17) is 5.14 Å². The Hall–Kier alpha value is -1.19. The number of rotatable bonds is 5. The number of hydrogen-bond acceptors (Lipinski definition) is 5. The van der Waals surface area contributed by atoms with Crippen molar-refractivity contribution >= 4 is 21.8 Å². The molecule has 0 spiro atoms. The Morgan fingerprint density at radius 1 is 1.53 bits per heavy atom. The number of piperazine rings is 1. The monoisotopic (exact) mass is 264 g/mol. The van der Waals surface area contributed by atoms with E-state index in [0.717, 1.165) is 0 Å². The number of amides is 2. The predicted molar refractivity (Wildman–Crippen MR) is 60.4 cm³/mol. The van der Waals surface area contributed by atoms with Crippen LogP contribution in [0.25, 0.3) is 0 Å². The highest BCUT2D eigenvalue weighted by molar-refractivity contribution is 7.89. The van der Waals surface area contributed by atoms with Crippen LogP contribution in [-0.2, 0) is 19.6 Å². The summed E-state index contributed by atoms with van der Waals surface area (Å²) in [6.07, 6.45) is 0.268. The molecule has 0 aromatic heterocycles. The van der Waals surface area contributed by atoms with E-state index in [1.54, 1.807) is 0 Å². The summed E-state index contributed by atoms with van der Waals surface area (Å²) >= 11 is 0. The van der Waals surface area contributed by atoms with Crippen LogP contribution >= 0.6 is 0 Å². The van der Waals surface area contributed by atoms with Gasteiger partial charge in [0.25, 0.3) is 0 Å². The summed E-state index contributed by atoms with van der Waals surface area (Å²) in [5.41, 5.74) is 0. The van der Waals surface area contributed by atoms with Crippen LogP contribution in [0.15, 0.2) is 0 Å². The van der Waals surface area contributed by atoms with Gasteiger partial charge in [0, 0.05) is 13.1 Å². The minimum absolute atomic E-state index is 0.106. The number of carbonyl (C=O) groups excluding carboxylic acids is 2. The zero-order valence-electron chi connectivity index (χ0n) is 9.23. The Kier molecular flexibility index (Phi) is 4.85. The maximum atomic E-state index is 11.5. The van der Waals surface area contributed by atoms with Crippen molar-refractivity contribution in [3.05, 3.63) is 0 Å². The first kappa shape index (κ1) is 13.9. The van der Waals surface area contributed by atoms with Gasteiger partial charge in [-0.15, -0.1) is 0 Å². The third kappa shape index (κ3) is 5.61. The molecule has 1 unspecified atom stereocenters. The van der Waals surface area contributed by atoms with E-state index in [1.165, 1.54) is 0 Å². The minimum Gasteiger partial charge on any atom is -0.355 e. The first-order valence-corrected chi connectivity index (χ1v) is 6.88. The zero-order chi connectivity index (χ0) is 12.9. The summed E-state index contributed by atoms with van der Waals surface area (Å²) in [6, 6.07) is -0.470. The van der Waals surface area contributed by atoms with E-state index in [1.807, 2.05) is 0 Å². The van der Waals surface area contributed by atoms with Crippen molar-refractivity contribution in [2.75, 3.05) is 25.4 Å². The fraction of sp³-hybridized carbons (Fsp3) is 0.750. The highest BCUT2D eigenvalue weighted by Gasteiger charge is 2.23. The number of primary sulfonamides is 1. The Morgan fingerprint density at radius 2 is 2.24 bits per heavy atom. The highest BCUT2D eigenvalue weighted by Crippen LogP contribution is 1.89. The quantitative estimate of drug-likeness (QED) is 0.390. The van der Waals surface area contributed by atoms with Crippen LogP contribution in [0.5, 0.6) is 0 Å². The number of carbonyl (C=O) groups is 2. The van der Waals surface area contributed by atoms with Gasteiger partial charge in [-0.3, -0.25) is 14.9 Å². The Morgan fingerprint density at radius 3 is 2.76 bits per heavy atom. The second-order valence-corrected chi connectivity index (χ2v) is 5.48. The van der Waals surface area contributed by atoms with Crippen LogP contribution in [0.1, 0.15) is 6.42 Å². The average Bonchev–Trinajstić information content (AvgIpc) is 2.24. The summed E-state index contributed by atoms with van der Waals surface area (Å²) in [6.45, 7) is 0.580. The van der Waals surface area contributed by atoms with Crippen molar-refractivity contribution in [3.63, 3.8) is 0 Å². The van der Waals surface area contributed by atoms with Crippen molar-refractivity contribution < 1.29 is 18.0 Å². The molecule has 1 aliphatic rings. The normalized spacial score (nSPS) is 20.8. The standard InChI is InChI=1S/C8H16N4O4S/c9-17(15,16)3-1-2-10-8(14)6-4-12-7(13)5-11-6/h6,11H,1-5H2,(H,10,14)(H,12,13)(H2,9,15,16). The van der Waals surface area contributed by atoms with Gasteiger partial charge in [-0.05, 0) is 6.42 Å². The van der Waals surface area contributed by atoms with Gasteiger partial charge in [-0.1, -0.05) is 0 Å². The van der Waals surface area contributed by atoms with Gasteiger partial charge in [0.15, 0.2) is 0 Å². The molecule has 0 aliphatic carbocycles. The Labute approximate surface area is 99.4 Å². The Balaban J connectivity index is 2.19. The second-order valence-electron chi connectivity index (χ2n) is 3.75. The number of nitrogens with two attached hydrogens (primary N) is 1. The second kappa shape index (κ2) is 5.94. The van der Waals surface area contributed by atoms with E-state index in [-0.39, 0.29) is 43.6 Å². The van der Waals surface area contributed by atoms with Crippen molar-refractivity contribution in [3.8, 4) is 0 Å². The molecule has 2 amide bonds. The van der Waals surface area contributed by atoms with Gasteiger partial charge in [-0.2, -0.15) is 0 Å². The number of sulfonamides is 1. The van der Waals surface area contributed by atoms with Gasteiger partial charge >= 0.3 is 0 Å². The number of nitrogens with one attached hydrogen (secondary N) is 3. The first-order chi connectivity index (χ1) is 7.88. The lowest BCUT2D eigenvalue weighted by molar-refractivity contribution is -0.126. The molecule has 0 aromatic carbocycles. The van der Waals surface area contributed by atoms with Gasteiger partial charge < -0.3 is 10.6 Å². The molecule has 8 nitrogen and oxygen atoms in total. The molecule has 17 heavy (non-hydrogen) atoms. The summed E-state index contributed by atoms with van der Waals surface area (Å²) in [5.74, 6) is -0.579. The molecule has 1 fully saturated rings. The average molecular weight is 264 g/mol. The van der Waals surface area contributed by atoms with Crippen LogP contribution in [0, 0.1) is 0 Å². The molecule has 9 heteroatoms. The topological polar surface area (TPSA) is 130 Å². The molecule has 1 aliphatic heterocycles. The van der Waals surface area contributed by atoms with Gasteiger partial charge in [0.05, 0.1) is 12.3 Å². The van der Waals surface area contributed by atoms with Crippen LogP contribution in [-0.4, -0.2) is 51.7 Å². The molecule has 0 radical (unpaired) electrons. The third-order valence-electron chi connectivity index (χ3n) is 2.23. The summed E-state index contributed by atoms with van der Waals surface area (Å²) in [4.78, 5) is 22.3. The summed E-state index contributed by atoms with van der Waals surface area (Å²) < 4.78 is 21.2. The smallest absolute Gasteiger partial charge is 0.238 e. The summed E-state index contributed by atoms with van der Waals surface area (Å²) in [5, 5.41) is 12.7. The zero-order valence-corrected chi connectivity index (χ0v) is 10.0. The molecular weight excluding hydrogens is 248 g/mol. The van der Waals surface area contributed by atoms with Crippen LogP contribution in [0.2, 0.25) is 0 Å². The molecule has 0 saturated carbocycles.